The van der Waals surface area contributed by atoms with Gasteiger partial charge in [0, 0.05) is 18.1 Å². The average Bonchev–Trinajstić information content (AvgIpc) is 2.89. The zero-order valence-electron chi connectivity index (χ0n) is 11.8. The lowest BCUT2D eigenvalue weighted by Gasteiger charge is -2.07. The summed E-state index contributed by atoms with van der Waals surface area (Å²) >= 11 is 0. The summed E-state index contributed by atoms with van der Waals surface area (Å²) in [6.07, 6.45) is 3.82. The van der Waals surface area contributed by atoms with Crippen LogP contribution in [0.4, 0.5) is 5.69 Å². The van der Waals surface area contributed by atoms with E-state index >= 15 is 0 Å². The number of amides is 1. The first-order chi connectivity index (χ1) is 9.58. The molecule has 0 bridgehead atoms. The Morgan fingerprint density at radius 2 is 2.00 bits per heavy atom. The van der Waals surface area contributed by atoms with Crippen molar-refractivity contribution in [1.29, 1.82) is 0 Å². The molecule has 1 aromatic heterocycles. The number of nitrogens with one attached hydrogen (secondary N) is 1. The Morgan fingerprint density at radius 1 is 1.30 bits per heavy atom. The SMILES string of the molecule is CCC(O)c1ccn(CC(=O)Nc2ccc(C)cc2)c1. The van der Waals surface area contributed by atoms with Gasteiger partial charge in [-0.05, 0) is 37.1 Å². The van der Waals surface area contributed by atoms with Gasteiger partial charge in [0.1, 0.15) is 6.54 Å². The molecular formula is C16H20N2O2. The number of hydrogen-bond acceptors (Lipinski definition) is 2. The van der Waals surface area contributed by atoms with Crippen molar-refractivity contribution in [2.45, 2.75) is 32.9 Å². The maximum Gasteiger partial charge on any atom is 0.244 e. The Balaban J connectivity index is 1.94. The van der Waals surface area contributed by atoms with E-state index in [0.29, 0.717) is 6.42 Å². The van der Waals surface area contributed by atoms with Crippen LogP contribution in [0.3, 0.4) is 0 Å². The fourth-order valence-corrected chi connectivity index (χ4v) is 1.99. The molecule has 20 heavy (non-hydrogen) atoms. The van der Waals surface area contributed by atoms with Crippen molar-refractivity contribution in [2.24, 2.45) is 0 Å². The lowest BCUT2D eigenvalue weighted by Crippen LogP contribution is -2.17. The van der Waals surface area contributed by atoms with Crippen molar-refractivity contribution in [3.63, 3.8) is 0 Å². The van der Waals surface area contributed by atoms with Crippen LogP contribution in [0.5, 0.6) is 0 Å². The molecule has 0 fully saturated rings. The Labute approximate surface area is 119 Å². The van der Waals surface area contributed by atoms with Crippen LogP contribution in [0.25, 0.3) is 0 Å². The third-order valence-corrected chi connectivity index (χ3v) is 3.21. The van der Waals surface area contributed by atoms with Gasteiger partial charge in [0.05, 0.1) is 6.10 Å². The van der Waals surface area contributed by atoms with Gasteiger partial charge in [0.25, 0.3) is 0 Å². The highest BCUT2D eigenvalue weighted by molar-refractivity contribution is 5.90. The summed E-state index contributed by atoms with van der Waals surface area (Å²) in [4.78, 5) is 11.9. The normalized spacial score (nSPS) is 12.2. The molecule has 4 heteroatoms. The van der Waals surface area contributed by atoms with E-state index in [0.717, 1.165) is 16.8 Å². The highest BCUT2D eigenvalue weighted by atomic mass is 16.3. The van der Waals surface area contributed by atoms with Gasteiger partial charge >= 0.3 is 0 Å². The van der Waals surface area contributed by atoms with E-state index in [4.69, 9.17) is 0 Å². The molecule has 0 saturated carbocycles. The number of aryl methyl sites for hydroxylation is 1. The van der Waals surface area contributed by atoms with E-state index in [2.05, 4.69) is 5.32 Å². The lowest BCUT2D eigenvalue weighted by molar-refractivity contribution is -0.116. The van der Waals surface area contributed by atoms with Gasteiger partial charge in [0.2, 0.25) is 5.91 Å². The summed E-state index contributed by atoms with van der Waals surface area (Å²) in [5, 5.41) is 12.6. The van der Waals surface area contributed by atoms with Crippen molar-refractivity contribution in [3.8, 4) is 0 Å². The van der Waals surface area contributed by atoms with Gasteiger partial charge in [-0.3, -0.25) is 4.79 Å². The van der Waals surface area contributed by atoms with Crippen molar-refractivity contribution in [2.75, 3.05) is 5.32 Å². The van der Waals surface area contributed by atoms with Gasteiger partial charge in [-0.25, -0.2) is 0 Å². The second-order valence-corrected chi connectivity index (χ2v) is 4.96. The zero-order chi connectivity index (χ0) is 14.5. The maximum absolute atomic E-state index is 11.9. The van der Waals surface area contributed by atoms with Crippen LogP contribution >= 0.6 is 0 Å². The highest BCUT2D eigenvalue weighted by Crippen LogP contribution is 2.16. The Kier molecular flexibility index (Phi) is 4.58. The summed E-state index contributed by atoms with van der Waals surface area (Å²) in [6, 6.07) is 9.53. The predicted octanol–water partition coefficient (Wildman–Crippen LogP) is 2.88. The van der Waals surface area contributed by atoms with Crippen LogP contribution in [0.15, 0.2) is 42.7 Å². The number of aliphatic hydroxyl groups excluding tert-OH is 1. The van der Waals surface area contributed by atoms with Gasteiger partial charge in [-0.15, -0.1) is 0 Å². The number of aliphatic hydroxyl groups is 1. The number of carbonyl (C=O) groups excluding carboxylic acids is 1. The maximum atomic E-state index is 11.9. The van der Waals surface area contributed by atoms with Gasteiger partial charge in [-0.2, -0.15) is 0 Å². The summed E-state index contributed by atoms with van der Waals surface area (Å²) in [5.41, 5.74) is 2.80. The number of benzene rings is 1. The molecule has 0 spiro atoms. The lowest BCUT2D eigenvalue weighted by atomic mass is 10.1. The largest absolute Gasteiger partial charge is 0.388 e. The topological polar surface area (TPSA) is 54.3 Å². The van der Waals surface area contributed by atoms with Crippen molar-refractivity contribution in [1.82, 2.24) is 4.57 Å². The number of carbonyl (C=O) groups is 1. The highest BCUT2D eigenvalue weighted by Gasteiger charge is 2.08. The molecule has 2 aromatic rings. The van der Waals surface area contributed by atoms with Gasteiger partial charge in [-0.1, -0.05) is 24.6 Å². The minimum absolute atomic E-state index is 0.0815. The molecule has 4 nitrogen and oxygen atoms in total. The number of rotatable bonds is 5. The first-order valence-corrected chi connectivity index (χ1v) is 6.78. The smallest absolute Gasteiger partial charge is 0.244 e. The molecule has 1 unspecified atom stereocenters. The molecule has 0 aliphatic carbocycles. The van der Waals surface area contributed by atoms with E-state index in [1.165, 1.54) is 0 Å². The molecule has 0 radical (unpaired) electrons. The number of aromatic nitrogens is 1. The Bertz CT molecular complexity index is 572. The van der Waals surface area contributed by atoms with E-state index in [1.807, 2.05) is 56.6 Å². The van der Waals surface area contributed by atoms with E-state index in [9.17, 15) is 9.90 Å². The molecule has 1 heterocycles. The minimum Gasteiger partial charge on any atom is -0.388 e. The molecular weight excluding hydrogens is 252 g/mol. The predicted molar refractivity (Wildman–Crippen MR) is 79.5 cm³/mol. The van der Waals surface area contributed by atoms with E-state index < -0.39 is 6.10 Å². The summed E-state index contributed by atoms with van der Waals surface area (Å²) < 4.78 is 1.78. The van der Waals surface area contributed by atoms with Crippen molar-refractivity contribution >= 4 is 11.6 Å². The molecule has 1 aromatic carbocycles. The molecule has 0 aliphatic heterocycles. The zero-order valence-corrected chi connectivity index (χ0v) is 11.8. The fourth-order valence-electron chi connectivity index (χ4n) is 1.99. The quantitative estimate of drug-likeness (QED) is 0.879. The molecule has 2 N–H and O–H groups in total. The molecule has 1 atom stereocenters. The number of hydrogen-bond donors (Lipinski definition) is 2. The van der Waals surface area contributed by atoms with Gasteiger partial charge in [0.15, 0.2) is 0 Å². The Hall–Kier alpha value is -2.07. The first kappa shape index (κ1) is 14.3. The second-order valence-electron chi connectivity index (χ2n) is 4.96. The Morgan fingerprint density at radius 3 is 2.65 bits per heavy atom. The monoisotopic (exact) mass is 272 g/mol. The van der Waals surface area contributed by atoms with Crippen LogP contribution in [-0.2, 0) is 11.3 Å². The van der Waals surface area contributed by atoms with Crippen molar-refractivity contribution in [3.05, 3.63) is 53.9 Å². The summed E-state index contributed by atoms with van der Waals surface area (Å²) in [6.45, 7) is 4.17. The molecule has 0 saturated heterocycles. The number of nitrogens with zero attached hydrogens (tertiary/aromatic N) is 1. The van der Waals surface area contributed by atoms with Crippen LogP contribution < -0.4 is 5.32 Å². The van der Waals surface area contributed by atoms with Crippen LogP contribution in [0.2, 0.25) is 0 Å². The third kappa shape index (κ3) is 3.71. The standard InChI is InChI=1S/C16H20N2O2/c1-3-15(19)13-8-9-18(10-13)11-16(20)17-14-6-4-12(2)5-7-14/h4-10,15,19H,3,11H2,1-2H3,(H,17,20). The fraction of sp³-hybridized carbons (Fsp3) is 0.312. The minimum atomic E-state index is -0.462. The number of anilines is 1. The third-order valence-electron chi connectivity index (χ3n) is 3.21. The van der Waals surface area contributed by atoms with E-state index in [1.54, 1.807) is 4.57 Å². The second kappa shape index (κ2) is 6.39. The van der Waals surface area contributed by atoms with Gasteiger partial charge < -0.3 is 15.0 Å². The summed E-state index contributed by atoms with van der Waals surface area (Å²) in [7, 11) is 0. The average molecular weight is 272 g/mol. The van der Waals surface area contributed by atoms with Crippen LogP contribution in [0, 0.1) is 6.92 Å². The van der Waals surface area contributed by atoms with Crippen molar-refractivity contribution < 1.29 is 9.90 Å². The summed E-state index contributed by atoms with van der Waals surface area (Å²) in [5.74, 6) is -0.0815. The molecule has 106 valence electrons. The molecule has 1 amide bonds. The van der Waals surface area contributed by atoms with Crippen LogP contribution in [0.1, 0.15) is 30.6 Å². The van der Waals surface area contributed by atoms with E-state index in [-0.39, 0.29) is 12.5 Å². The molecule has 0 aliphatic rings. The first-order valence-electron chi connectivity index (χ1n) is 6.78. The molecule has 2 rings (SSSR count). The van der Waals surface area contributed by atoms with Crippen LogP contribution in [-0.4, -0.2) is 15.6 Å².